The van der Waals surface area contributed by atoms with E-state index in [9.17, 15) is 4.79 Å². The number of hydrogen-bond donors (Lipinski definition) is 2. The van der Waals surface area contributed by atoms with Crippen LogP contribution in [0.1, 0.15) is 26.7 Å². The maximum atomic E-state index is 11.7. The number of ether oxygens (including phenoxy) is 2. The predicted octanol–water partition coefficient (Wildman–Crippen LogP) is 1.64. The van der Waals surface area contributed by atoms with Gasteiger partial charge in [0.2, 0.25) is 0 Å². The first kappa shape index (κ1) is 19.8. The van der Waals surface area contributed by atoms with Crippen LogP contribution in [0.5, 0.6) is 5.75 Å². The Kier molecular flexibility index (Phi) is 8.51. The van der Waals surface area contributed by atoms with E-state index in [0.717, 1.165) is 31.1 Å². The lowest BCUT2D eigenvalue weighted by molar-refractivity contribution is 0.0963. The lowest BCUT2D eigenvalue weighted by Crippen LogP contribution is -2.50. The van der Waals surface area contributed by atoms with Gasteiger partial charge in [-0.1, -0.05) is 0 Å². The van der Waals surface area contributed by atoms with E-state index < -0.39 is 0 Å². The second-order valence-corrected chi connectivity index (χ2v) is 5.90. The van der Waals surface area contributed by atoms with Crippen LogP contribution in [0.25, 0.3) is 0 Å². The first-order valence-electron chi connectivity index (χ1n) is 9.22. The van der Waals surface area contributed by atoms with E-state index in [-0.39, 0.29) is 12.1 Å². The third kappa shape index (κ3) is 6.78. The zero-order chi connectivity index (χ0) is 18.6. The molecule has 8 heteroatoms. The lowest BCUT2D eigenvalue weighted by atomic mass is 10.1. The third-order valence-corrected chi connectivity index (χ3v) is 3.97. The third-order valence-electron chi connectivity index (χ3n) is 3.97. The average Bonchev–Trinajstić information content (AvgIpc) is 2.67. The predicted molar refractivity (Wildman–Crippen MR) is 100 cm³/mol. The molecule has 0 spiro atoms. The molecule has 0 unspecified atom stereocenters. The van der Waals surface area contributed by atoms with Crippen molar-refractivity contribution in [3.05, 3.63) is 24.5 Å². The van der Waals surface area contributed by atoms with Gasteiger partial charge in [0.15, 0.2) is 5.96 Å². The molecule has 1 saturated heterocycles. The molecule has 2 heterocycles. The van der Waals surface area contributed by atoms with Crippen molar-refractivity contribution in [1.29, 1.82) is 0 Å². The van der Waals surface area contributed by atoms with Gasteiger partial charge in [0, 0.05) is 31.9 Å². The molecular formula is C18H29N5O3. The van der Waals surface area contributed by atoms with E-state index in [2.05, 4.69) is 20.6 Å². The van der Waals surface area contributed by atoms with E-state index in [1.165, 1.54) is 0 Å². The van der Waals surface area contributed by atoms with Crippen molar-refractivity contribution in [2.45, 2.75) is 32.7 Å². The second kappa shape index (κ2) is 11.2. The summed E-state index contributed by atoms with van der Waals surface area (Å²) >= 11 is 0. The molecule has 0 aliphatic carbocycles. The summed E-state index contributed by atoms with van der Waals surface area (Å²) in [6.07, 6.45) is 4.92. The molecule has 0 radical (unpaired) electrons. The summed E-state index contributed by atoms with van der Waals surface area (Å²) in [6.45, 7) is 7.48. The molecule has 0 atom stereocenters. The largest absolute Gasteiger partial charge is 0.490 e. The molecule has 1 fully saturated rings. The number of carbonyl (C=O) groups excluding carboxylic acids is 1. The van der Waals surface area contributed by atoms with Crippen LogP contribution in [0.4, 0.5) is 4.79 Å². The van der Waals surface area contributed by atoms with Crippen LogP contribution in [0.3, 0.4) is 0 Å². The van der Waals surface area contributed by atoms with Crippen molar-refractivity contribution in [3.8, 4) is 5.75 Å². The minimum Gasteiger partial charge on any atom is -0.490 e. The van der Waals surface area contributed by atoms with E-state index in [0.29, 0.717) is 32.8 Å². The molecule has 1 aromatic rings. The summed E-state index contributed by atoms with van der Waals surface area (Å²) in [6, 6.07) is 4.00. The van der Waals surface area contributed by atoms with E-state index in [1.54, 1.807) is 17.3 Å². The SMILES string of the molecule is CCNC(=NCCOc1cccnc1)NC1CCN(C(=O)OCC)CC1. The van der Waals surface area contributed by atoms with E-state index in [1.807, 2.05) is 26.0 Å². The summed E-state index contributed by atoms with van der Waals surface area (Å²) in [5.74, 6) is 1.52. The molecule has 8 nitrogen and oxygen atoms in total. The Balaban J connectivity index is 1.74. The highest BCUT2D eigenvalue weighted by molar-refractivity contribution is 5.80. The summed E-state index contributed by atoms with van der Waals surface area (Å²) in [5, 5.41) is 6.69. The van der Waals surface area contributed by atoms with Crippen molar-refractivity contribution < 1.29 is 14.3 Å². The van der Waals surface area contributed by atoms with Crippen LogP contribution in [-0.2, 0) is 4.74 Å². The number of aliphatic imine (C=N–C) groups is 1. The lowest BCUT2D eigenvalue weighted by Gasteiger charge is -2.32. The number of likely N-dealkylation sites (tertiary alicyclic amines) is 1. The number of guanidine groups is 1. The minimum absolute atomic E-state index is 0.223. The molecule has 26 heavy (non-hydrogen) atoms. The normalized spacial score (nSPS) is 15.5. The molecule has 2 N–H and O–H groups in total. The summed E-state index contributed by atoms with van der Waals surface area (Å²) in [5.41, 5.74) is 0. The first-order valence-corrected chi connectivity index (χ1v) is 9.22. The van der Waals surface area contributed by atoms with Crippen molar-refractivity contribution in [2.75, 3.05) is 39.4 Å². The van der Waals surface area contributed by atoms with Crippen molar-refractivity contribution in [2.24, 2.45) is 4.99 Å². The van der Waals surface area contributed by atoms with E-state index >= 15 is 0 Å². The fourth-order valence-electron chi connectivity index (χ4n) is 2.69. The number of rotatable bonds is 7. The molecule has 0 saturated carbocycles. The quantitative estimate of drug-likeness (QED) is 0.435. The summed E-state index contributed by atoms with van der Waals surface area (Å²) < 4.78 is 10.7. The van der Waals surface area contributed by atoms with Gasteiger partial charge in [-0.15, -0.1) is 0 Å². The Morgan fingerprint density at radius 3 is 2.85 bits per heavy atom. The van der Waals surface area contributed by atoms with Crippen LogP contribution in [0, 0.1) is 0 Å². The molecule has 1 amide bonds. The standard InChI is InChI=1S/C18H29N5O3/c1-3-20-17(21-10-13-26-16-6-5-9-19-14-16)22-15-7-11-23(12-8-15)18(24)25-4-2/h5-6,9,14-15H,3-4,7-8,10-13H2,1-2H3,(H2,20,21,22). The monoisotopic (exact) mass is 363 g/mol. The Hall–Kier alpha value is -2.51. The van der Waals surface area contributed by atoms with Crippen molar-refractivity contribution >= 4 is 12.1 Å². The molecule has 1 aliphatic rings. The smallest absolute Gasteiger partial charge is 0.409 e. The maximum absolute atomic E-state index is 11.7. The zero-order valence-corrected chi connectivity index (χ0v) is 15.6. The molecule has 2 rings (SSSR count). The fourth-order valence-corrected chi connectivity index (χ4v) is 2.69. The first-order chi connectivity index (χ1) is 12.7. The summed E-state index contributed by atoms with van der Waals surface area (Å²) in [4.78, 5) is 22.1. The summed E-state index contributed by atoms with van der Waals surface area (Å²) in [7, 11) is 0. The van der Waals surface area contributed by atoms with Crippen LogP contribution < -0.4 is 15.4 Å². The van der Waals surface area contributed by atoms with Gasteiger partial charge in [-0.3, -0.25) is 4.98 Å². The van der Waals surface area contributed by atoms with E-state index in [4.69, 9.17) is 9.47 Å². The van der Waals surface area contributed by atoms with Crippen LogP contribution in [0.15, 0.2) is 29.5 Å². The van der Waals surface area contributed by atoms with Gasteiger partial charge in [-0.05, 0) is 38.8 Å². The number of nitrogens with one attached hydrogen (secondary N) is 2. The van der Waals surface area contributed by atoms with Crippen molar-refractivity contribution in [1.82, 2.24) is 20.5 Å². The highest BCUT2D eigenvalue weighted by Crippen LogP contribution is 2.11. The number of nitrogens with zero attached hydrogens (tertiary/aromatic N) is 3. The number of pyridine rings is 1. The molecular weight excluding hydrogens is 334 g/mol. The van der Waals surface area contributed by atoms with Gasteiger partial charge in [0.1, 0.15) is 12.4 Å². The zero-order valence-electron chi connectivity index (χ0n) is 15.6. The van der Waals surface area contributed by atoms with Gasteiger partial charge < -0.3 is 25.0 Å². The molecule has 144 valence electrons. The Labute approximate surface area is 155 Å². The van der Waals surface area contributed by atoms with Gasteiger partial charge in [0.05, 0.1) is 19.3 Å². The van der Waals surface area contributed by atoms with Crippen LogP contribution in [0.2, 0.25) is 0 Å². The van der Waals surface area contributed by atoms with Crippen molar-refractivity contribution in [3.63, 3.8) is 0 Å². The van der Waals surface area contributed by atoms with Crippen LogP contribution in [-0.4, -0.2) is 67.4 Å². The molecule has 1 aromatic heterocycles. The minimum atomic E-state index is -0.223. The Bertz CT molecular complexity index is 559. The highest BCUT2D eigenvalue weighted by atomic mass is 16.6. The van der Waals surface area contributed by atoms with Crippen LogP contribution >= 0.6 is 0 Å². The average molecular weight is 363 g/mol. The number of carbonyl (C=O) groups is 1. The molecule has 0 bridgehead atoms. The highest BCUT2D eigenvalue weighted by Gasteiger charge is 2.23. The van der Waals surface area contributed by atoms with Gasteiger partial charge in [-0.2, -0.15) is 0 Å². The molecule has 1 aliphatic heterocycles. The van der Waals surface area contributed by atoms with Gasteiger partial charge >= 0.3 is 6.09 Å². The second-order valence-electron chi connectivity index (χ2n) is 5.90. The number of piperidine rings is 1. The number of aromatic nitrogens is 1. The topological polar surface area (TPSA) is 88.1 Å². The molecule has 0 aromatic carbocycles. The number of hydrogen-bond acceptors (Lipinski definition) is 5. The fraction of sp³-hybridized carbons (Fsp3) is 0.611. The van der Waals surface area contributed by atoms with Gasteiger partial charge in [0.25, 0.3) is 0 Å². The Morgan fingerprint density at radius 1 is 1.38 bits per heavy atom. The number of amides is 1. The Morgan fingerprint density at radius 2 is 2.19 bits per heavy atom. The maximum Gasteiger partial charge on any atom is 0.409 e. The van der Waals surface area contributed by atoms with Gasteiger partial charge in [-0.25, -0.2) is 9.79 Å².